The predicted molar refractivity (Wildman–Crippen MR) is 633 cm³/mol. The van der Waals surface area contributed by atoms with Crippen molar-refractivity contribution < 1.29 is 17.7 Å². The second kappa shape index (κ2) is 32.7. The van der Waals surface area contributed by atoms with Crippen LogP contribution in [-0.4, -0.2) is 18.3 Å². The molecular formula is C142H84N4O4. The fourth-order valence-corrected chi connectivity index (χ4v) is 25.5. The minimum atomic E-state index is 0.913. The summed E-state index contributed by atoms with van der Waals surface area (Å²) in [7, 11) is 0. The molecule has 0 aliphatic rings. The molecule has 0 saturated heterocycles. The average Bonchev–Trinajstić information content (AvgIpc) is 1.54. The molecule has 0 radical (unpaired) electrons. The molecule has 0 unspecified atom stereocenters. The lowest BCUT2D eigenvalue weighted by Gasteiger charge is -2.13. The minimum Gasteiger partial charge on any atom is -0.454 e. The topological polar surface area (TPSA) is 72.3 Å². The van der Waals surface area contributed by atoms with E-state index in [0.717, 1.165) is 111 Å². The van der Waals surface area contributed by atoms with Crippen LogP contribution in [0.3, 0.4) is 0 Å². The van der Waals surface area contributed by atoms with Gasteiger partial charge in [-0.2, -0.15) is 0 Å². The lowest BCUT2D eigenvalue weighted by Crippen LogP contribution is -1.96. The van der Waals surface area contributed by atoms with Gasteiger partial charge < -0.3 is 35.9 Å². The highest BCUT2D eigenvalue weighted by Crippen LogP contribution is 2.55. The molecule has 8 heteroatoms. The van der Waals surface area contributed by atoms with Crippen molar-refractivity contribution in [1.29, 1.82) is 0 Å². The maximum Gasteiger partial charge on any atom is 0.160 e. The summed E-state index contributed by atoms with van der Waals surface area (Å²) in [6.07, 6.45) is 0. The molecule has 0 bridgehead atoms. The van der Waals surface area contributed by atoms with Crippen molar-refractivity contribution in [2.24, 2.45) is 0 Å². The normalized spacial score (nSPS) is 12.1. The van der Waals surface area contributed by atoms with E-state index >= 15 is 0 Å². The molecule has 0 aliphatic heterocycles. The second-order valence-electron chi connectivity index (χ2n) is 39.6. The van der Waals surface area contributed by atoms with Crippen molar-refractivity contribution in [1.82, 2.24) is 18.3 Å². The van der Waals surface area contributed by atoms with Crippen LogP contribution in [-0.2, 0) is 0 Å². The first-order valence-corrected chi connectivity index (χ1v) is 51.4. The van der Waals surface area contributed by atoms with Crippen LogP contribution < -0.4 is 0 Å². The van der Waals surface area contributed by atoms with Gasteiger partial charge >= 0.3 is 0 Å². The Balaban J connectivity index is 0.0000000884. The molecule has 0 spiro atoms. The van der Waals surface area contributed by atoms with E-state index in [-0.39, 0.29) is 0 Å². The Morgan fingerprint density at radius 2 is 0.353 bits per heavy atom. The first-order valence-electron chi connectivity index (χ1n) is 51.4. The van der Waals surface area contributed by atoms with E-state index in [1.807, 2.05) is 6.07 Å². The predicted octanol–water partition coefficient (Wildman–Crippen LogP) is 39.9. The van der Waals surface area contributed by atoms with Crippen LogP contribution in [0, 0.1) is 0 Å². The number of furan rings is 4. The Hall–Kier alpha value is -20.1. The number of hydrogen-bond donors (Lipinski definition) is 0. The maximum atomic E-state index is 6.77. The van der Waals surface area contributed by atoms with Gasteiger partial charge in [-0.25, -0.2) is 0 Å². The van der Waals surface area contributed by atoms with E-state index in [2.05, 4.69) is 522 Å². The fourth-order valence-electron chi connectivity index (χ4n) is 25.5. The summed E-state index contributed by atoms with van der Waals surface area (Å²) in [6, 6.07) is 182. The average molecular weight is 1910 g/mol. The largest absolute Gasteiger partial charge is 0.454 e. The Morgan fingerprint density at radius 1 is 0.120 bits per heavy atom. The first-order chi connectivity index (χ1) is 74.5. The van der Waals surface area contributed by atoms with Gasteiger partial charge in [0.15, 0.2) is 22.3 Å². The zero-order valence-corrected chi connectivity index (χ0v) is 80.9. The van der Waals surface area contributed by atoms with Crippen LogP contribution in [0.2, 0.25) is 0 Å². The van der Waals surface area contributed by atoms with Crippen LogP contribution in [0.1, 0.15) is 0 Å². The molecule has 0 amide bonds. The number of aromatic nitrogens is 4. The SMILES string of the molecule is c1ccc(-c2ccc(-n3c4c5ccccc5ccc4c4c5ccccc5c5c6ccccc6oc5c43)cc2)cc1.c1ccc(-n2c3c4ccccc4ccc3c3c4ccccc4c4c5ccccc5oc4c32)cc1.c1ccc2c(-n3c4c5ccccc5ccc4c4c5ccccc5c5c6ccccc6oc5c43)cccc2c1.c1ccc2cc(-n3c4c5ccccc5ccc4c4c5ccccc5c5c6ccccc6oc5c43)ccc2c1. The van der Waals surface area contributed by atoms with Gasteiger partial charge in [-0.3, -0.25) is 0 Å². The van der Waals surface area contributed by atoms with Crippen molar-refractivity contribution in [3.05, 3.63) is 510 Å². The summed E-state index contributed by atoms with van der Waals surface area (Å²) in [4.78, 5) is 0. The molecule has 27 aromatic carbocycles. The van der Waals surface area contributed by atoms with Crippen molar-refractivity contribution >= 4 is 283 Å². The van der Waals surface area contributed by atoms with Crippen LogP contribution in [0.15, 0.2) is 527 Å². The van der Waals surface area contributed by atoms with Gasteiger partial charge in [-0.05, 0) is 159 Å². The molecule has 0 N–H and O–H groups in total. The van der Waals surface area contributed by atoms with Gasteiger partial charge in [-0.15, -0.1) is 0 Å². The summed E-state index contributed by atoms with van der Waals surface area (Å²) in [5, 5.41) is 43.9. The van der Waals surface area contributed by atoms with Gasteiger partial charge in [0.2, 0.25) is 0 Å². The molecule has 35 rings (SSSR count). The minimum absolute atomic E-state index is 0.913. The van der Waals surface area contributed by atoms with Crippen molar-refractivity contribution in [2.75, 3.05) is 0 Å². The van der Waals surface area contributed by atoms with Crippen LogP contribution >= 0.6 is 0 Å². The zero-order valence-electron chi connectivity index (χ0n) is 80.9. The summed E-state index contributed by atoms with van der Waals surface area (Å²) in [5.41, 5.74) is 23.7. The molecule has 150 heavy (non-hydrogen) atoms. The van der Waals surface area contributed by atoms with E-state index in [0.29, 0.717) is 0 Å². The first kappa shape index (κ1) is 83.4. The monoisotopic (exact) mass is 1910 g/mol. The Kier molecular flexibility index (Phi) is 18.2. The van der Waals surface area contributed by atoms with Gasteiger partial charge in [-0.1, -0.05) is 443 Å². The fraction of sp³-hybridized carbons (Fsp3) is 0. The molecule has 8 nitrogen and oxygen atoms in total. The van der Waals surface area contributed by atoms with Crippen LogP contribution in [0.25, 0.3) is 317 Å². The van der Waals surface area contributed by atoms with Gasteiger partial charge in [0, 0.05) is 130 Å². The van der Waals surface area contributed by atoms with Crippen molar-refractivity contribution in [2.45, 2.75) is 0 Å². The Labute approximate surface area is 855 Å². The Bertz CT molecular complexity index is 11900. The molecule has 8 aromatic heterocycles. The number of para-hydroxylation sites is 5. The lowest BCUT2D eigenvalue weighted by atomic mass is 9.98. The summed E-state index contributed by atoms with van der Waals surface area (Å²) in [6.45, 7) is 0. The molecule has 0 aliphatic carbocycles. The number of benzene rings is 27. The third-order valence-corrected chi connectivity index (χ3v) is 31.8. The summed E-state index contributed by atoms with van der Waals surface area (Å²) in [5.74, 6) is 0. The van der Waals surface area contributed by atoms with E-state index in [4.69, 9.17) is 17.7 Å². The third-order valence-electron chi connectivity index (χ3n) is 31.8. The van der Waals surface area contributed by atoms with Crippen molar-refractivity contribution in [3.63, 3.8) is 0 Å². The maximum absolute atomic E-state index is 6.77. The molecule has 0 fully saturated rings. The standard InChI is InChI=1S/C38H23NO.2C36H21NO.C32H19NO/c1-2-10-24(11-3-1)25-18-21-27(22-19-25)39-36-28-13-5-4-12-26(28)20-23-32(36)34-29-14-6-7-15-30(29)35-31-16-8-9-17-33(31)40-38(35)37(34)39;1-3-13-24-22(10-1)12-9-18-30(24)37-34-25-14-4-2-11-23(25)20-21-29(34)32-26-15-5-6-16-27(26)33-28-17-7-8-19-31(28)38-36(33)35(32)37;1-2-11-24-21-25(19-17-22(24)9-1)37-34-26-12-4-3-10-23(26)18-20-30(34)32-27-13-5-6-14-28(27)33-29-15-7-8-16-31(29)38-36(33)35(32)37;1-2-11-21(12-3-1)33-30-22-13-5-4-10-20(22)18-19-26(30)28-23-14-6-7-15-24(23)29-25-16-8-9-17-27(25)34-32(29)31(28)33/h1-23H;2*1-21H;1-19H. The zero-order chi connectivity index (χ0) is 98.0. The van der Waals surface area contributed by atoms with Crippen LogP contribution in [0.4, 0.5) is 0 Å². The number of nitrogens with zero attached hydrogens (tertiary/aromatic N) is 4. The van der Waals surface area contributed by atoms with Gasteiger partial charge in [0.05, 0.1) is 49.8 Å². The highest BCUT2D eigenvalue weighted by Gasteiger charge is 2.32. The van der Waals surface area contributed by atoms with Gasteiger partial charge in [0.1, 0.15) is 22.3 Å². The van der Waals surface area contributed by atoms with Gasteiger partial charge in [0.25, 0.3) is 0 Å². The van der Waals surface area contributed by atoms with E-state index < -0.39 is 0 Å². The molecule has 35 aromatic rings. The number of fused-ring (bicyclic) bond motifs is 50. The Morgan fingerprint density at radius 3 is 0.713 bits per heavy atom. The molecule has 8 heterocycles. The van der Waals surface area contributed by atoms with Crippen LogP contribution in [0.5, 0.6) is 0 Å². The summed E-state index contributed by atoms with van der Waals surface area (Å²) < 4.78 is 36.7. The highest BCUT2D eigenvalue weighted by atomic mass is 16.3. The summed E-state index contributed by atoms with van der Waals surface area (Å²) >= 11 is 0. The molecule has 0 atom stereocenters. The third kappa shape index (κ3) is 12.2. The molecule has 0 saturated carbocycles. The molecular weight excluding hydrogens is 1830 g/mol. The number of rotatable bonds is 5. The van der Waals surface area contributed by atoms with Crippen molar-refractivity contribution in [3.8, 4) is 33.9 Å². The van der Waals surface area contributed by atoms with E-state index in [1.54, 1.807) is 0 Å². The number of hydrogen-bond acceptors (Lipinski definition) is 4. The lowest BCUT2D eigenvalue weighted by molar-refractivity contribution is 0.671. The highest BCUT2D eigenvalue weighted by molar-refractivity contribution is 6.42. The van der Waals surface area contributed by atoms with E-state index in [1.165, 1.54) is 206 Å². The second-order valence-corrected chi connectivity index (χ2v) is 39.6. The van der Waals surface area contributed by atoms with E-state index in [9.17, 15) is 0 Å². The molecule has 696 valence electrons. The quantitative estimate of drug-likeness (QED) is 0.172. The smallest absolute Gasteiger partial charge is 0.160 e.